The van der Waals surface area contributed by atoms with Crippen molar-refractivity contribution in [2.45, 2.75) is 39.2 Å². The number of aliphatic hydroxyl groups is 1. The molecule has 0 saturated carbocycles. The van der Waals surface area contributed by atoms with Crippen LogP contribution in [0, 0.1) is 0 Å². The highest BCUT2D eigenvalue weighted by atomic mass is 16.3. The third-order valence-corrected chi connectivity index (χ3v) is 3.78. The molecule has 1 aromatic carbocycles. The second-order valence-electron chi connectivity index (χ2n) is 5.81. The summed E-state index contributed by atoms with van der Waals surface area (Å²) in [6.45, 7) is 5.93. The maximum absolute atomic E-state index is 12.1. The molecule has 0 bridgehead atoms. The number of aromatic hydroxyl groups is 1. The van der Waals surface area contributed by atoms with E-state index in [-0.39, 0.29) is 24.1 Å². The number of amides is 1. The third-order valence-electron chi connectivity index (χ3n) is 3.78. The summed E-state index contributed by atoms with van der Waals surface area (Å²) < 4.78 is 1.47. The molecular formula is C17H23N3O3. The van der Waals surface area contributed by atoms with Gasteiger partial charge in [0.2, 0.25) is 0 Å². The summed E-state index contributed by atoms with van der Waals surface area (Å²) in [6, 6.07) is 7.43. The van der Waals surface area contributed by atoms with Gasteiger partial charge in [-0.1, -0.05) is 32.9 Å². The lowest BCUT2D eigenvalue weighted by Crippen LogP contribution is -2.37. The minimum atomic E-state index is -0.499. The van der Waals surface area contributed by atoms with Crippen LogP contribution < -0.4 is 5.32 Å². The number of rotatable bonds is 6. The number of carbonyl (C=O) groups is 1. The summed E-state index contributed by atoms with van der Waals surface area (Å²) in [4.78, 5) is 12.1. The van der Waals surface area contributed by atoms with Crippen LogP contribution in [0.1, 0.15) is 49.2 Å². The lowest BCUT2D eigenvalue weighted by molar-refractivity contribution is 0.0907. The maximum Gasteiger partial charge on any atom is 0.275 e. The molecule has 0 radical (unpaired) electrons. The average molecular weight is 317 g/mol. The van der Waals surface area contributed by atoms with Crippen molar-refractivity contribution < 1.29 is 15.0 Å². The van der Waals surface area contributed by atoms with Gasteiger partial charge >= 0.3 is 0 Å². The van der Waals surface area contributed by atoms with Gasteiger partial charge in [-0.3, -0.25) is 4.79 Å². The van der Waals surface area contributed by atoms with Gasteiger partial charge in [-0.25, -0.2) is 4.68 Å². The highest BCUT2D eigenvalue weighted by Crippen LogP contribution is 2.20. The van der Waals surface area contributed by atoms with Gasteiger partial charge in [0, 0.05) is 0 Å². The Bertz CT molecular complexity index is 658. The van der Waals surface area contributed by atoms with E-state index in [0.29, 0.717) is 12.3 Å². The molecule has 1 atom stereocenters. The van der Waals surface area contributed by atoms with Crippen molar-refractivity contribution in [3.63, 3.8) is 0 Å². The largest absolute Gasteiger partial charge is 0.504 e. The summed E-state index contributed by atoms with van der Waals surface area (Å²) in [5, 5.41) is 25.9. The number of aromatic nitrogens is 2. The molecule has 0 spiro atoms. The molecule has 0 aliphatic heterocycles. The Balaban J connectivity index is 2.21. The maximum atomic E-state index is 12.1. The molecule has 0 saturated heterocycles. The summed E-state index contributed by atoms with van der Waals surface area (Å²) in [5.74, 6) is -0.259. The first-order chi connectivity index (χ1) is 11.0. The molecule has 6 heteroatoms. The fraction of sp³-hybridized carbons (Fsp3) is 0.412. The number of carbonyl (C=O) groups excluding carboxylic acids is 1. The minimum absolute atomic E-state index is 0.0511. The van der Waals surface area contributed by atoms with Gasteiger partial charge in [0.25, 0.3) is 5.91 Å². The van der Waals surface area contributed by atoms with Gasteiger partial charge in [0.1, 0.15) is 0 Å². The van der Waals surface area contributed by atoms with Crippen LogP contribution in [-0.2, 0) is 0 Å². The summed E-state index contributed by atoms with van der Waals surface area (Å²) in [5.41, 5.74) is 1.92. The second kappa shape index (κ2) is 7.28. The zero-order chi connectivity index (χ0) is 17.0. The summed E-state index contributed by atoms with van der Waals surface area (Å²) >= 11 is 0. The van der Waals surface area contributed by atoms with E-state index >= 15 is 0 Å². The Morgan fingerprint density at radius 1 is 1.30 bits per heavy atom. The second-order valence-corrected chi connectivity index (χ2v) is 5.81. The van der Waals surface area contributed by atoms with Gasteiger partial charge in [0.15, 0.2) is 11.4 Å². The zero-order valence-electron chi connectivity index (χ0n) is 13.7. The van der Waals surface area contributed by atoms with Crippen molar-refractivity contribution in [1.29, 1.82) is 0 Å². The Hall–Kier alpha value is -2.34. The van der Waals surface area contributed by atoms with Gasteiger partial charge < -0.3 is 15.5 Å². The monoisotopic (exact) mass is 317 g/mol. The Labute approximate surface area is 135 Å². The van der Waals surface area contributed by atoms with Crippen molar-refractivity contribution in [1.82, 2.24) is 15.1 Å². The van der Waals surface area contributed by atoms with Crippen LogP contribution in [0.25, 0.3) is 5.69 Å². The molecule has 23 heavy (non-hydrogen) atoms. The number of nitrogens with one attached hydrogen (secondary N) is 1. The molecular weight excluding hydrogens is 294 g/mol. The first-order valence-electron chi connectivity index (χ1n) is 7.77. The number of hydrogen-bond donors (Lipinski definition) is 3. The number of nitrogens with zero attached hydrogens (tertiary/aromatic N) is 2. The van der Waals surface area contributed by atoms with E-state index in [1.165, 1.54) is 16.4 Å². The molecule has 6 nitrogen and oxygen atoms in total. The lowest BCUT2D eigenvalue weighted by Gasteiger charge is -2.12. The van der Waals surface area contributed by atoms with Crippen molar-refractivity contribution in [3.05, 3.63) is 41.7 Å². The molecule has 0 fully saturated rings. The fourth-order valence-corrected chi connectivity index (χ4v) is 2.20. The van der Waals surface area contributed by atoms with Crippen molar-refractivity contribution in [2.75, 3.05) is 6.61 Å². The van der Waals surface area contributed by atoms with E-state index in [0.717, 1.165) is 5.69 Å². The van der Waals surface area contributed by atoms with Crippen LogP contribution in [0.5, 0.6) is 5.75 Å². The van der Waals surface area contributed by atoms with Crippen LogP contribution in [-0.4, -0.2) is 38.5 Å². The summed E-state index contributed by atoms with van der Waals surface area (Å²) in [6.07, 6.45) is 2.00. The van der Waals surface area contributed by atoms with Crippen LogP contribution in [0.2, 0.25) is 0 Å². The number of hydrogen-bond acceptors (Lipinski definition) is 4. The molecule has 0 aliphatic rings. The molecule has 2 rings (SSSR count). The van der Waals surface area contributed by atoms with Crippen LogP contribution >= 0.6 is 0 Å². The number of aliphatic hydroxyl groups excluding tert-OH is 1. The van der Waals surface area contributed by atoms with E-state index in [1.54, 1.807) is 0 Å². The molecule has 1 unspecified atom stereocenters. The standard InChI is InChI=1S/C17H23N3O3/c1-4-13(10-21)18-17(23)16-15(22)9-20(19-16)14-7-5-12(6-8-14)11(2)3/h5-9,11,13,21-22H,4,10H2,1-3H3,(H,18,23). The van der Waals surface area contributed by atoms with Gasteiger partial charge in [-0.2, -0.15) is 5.10 Å². The smallest absolute Gasteiger partial charge is 0.275 e. The van der Waals surface area contributed by atoms with Crippen LogP contribution in [0.15, 0.2) is 30.5 Å². The minimum Gasteiger partial charge on any atom is -0.504 e. The van der Waals surface area contributed by atoms with Crippen molar-refractivity contribution in [3.8, 4) is 11.4 Å². The first kappa shape index (κ1) is 17.0. The Morgan fingerprint density at radius 3 is 2.48 bits per heavy atom. The van der Waals surface area contributed by atoms with E-state index in [4.69, 9.17) is 5.11 Å². The zero-order valence-corrected chi connectivity index (χ0v) is 13.7. The molecule has 1 aromatic heterocycles. The predicted molar refractivity (Wildman–Crippen MR) is 87.9 cm³/mol. The molecule has 2 aromatic rings. The van der Waals surface area contributed by atoms with E-state index in [9.17, 15) is 9.90 Å². The molecule has 1 amide bonds. The average Bonchev–Trinajstić information content (AvgIpc) is 2.94. The van der Waals surface area contributed by atoms with Crippen LogP contribution in [0.4, 0.5) is 0 Å². The lowest BCUT2D eigenvalue weighted by atomic mass is 10.0. The highest BCUT2D eigenvalue weighted by Gasteiger charge is 2.19. The van der Waals surface area contributed by atoms with Crippen LogP contribution in [0.3, 0.4) is 0 Å². The Kier molecular flexibility index (Phi) is 5.39. The molecule has 3 N–H and O–H groups in total. The number of benzene rings is 1. The fourth-order valence-electron chi connectivity index (χ4n) is 2.20. The molecule has 1 heterocycles. The molecule has 0 aliphatic carbocycles. The van der Waals surface area contributed by atoms with Gasteiger partial charge in [-0.15, -0.1) is 0 Å². The highest BCUT2D eigenvalue weighted by molar-refractivity contribution is 5.95. The van der Waals surface area contributed by atoms with E-state index in [2.05, 4.69) is 24.3 Å². The molecule has 124 valence electrons. The SMILES string of the molecule is CCC(CO)NC(=O)c1nn(-c2ccc(C(C)C)cc2)cc1O. The van der Waals surface area contributed by atoms with Gasteiger partial charge in [0.05, 0.1) is 24.5 Å². The first-order valence-corrected chi connectivity index (χ1v) is 7.77. The van der Waals surface area contributed by atoms with Gasteiger partial charge in [-0.05, 0) is 30.0 Å². The van der Waals surface area contributed by atoms with Crippen molar-refractivity contribution >= 4 is 5.91 Å². The van der Waals surface area contributed by atoms with Crippen molar-refractivity contribution in [2.24, 2.45) is 0 Å². The normalized spacial score (nSPS) is 12.4. The predicted octanol–water partition coefficient (Wildman–Crippen LogP) is 2.20. The topological polar surface area (TPSA) is 87.4 Å². The third kappa shape index (κ3) is 3.90. The summed E-state index contributed by atoms with van der Waals surface area (Å²) in [7, 11) is 0. The Morgan fingerprint density at radius 2 is 1.96 bits per heavy atom. The quantitative estimate of drug-likeness (QED) is 0.762. The van der Waals surface area contributed by atoms with E-state index in [1.807, 2.05) is 31.2 Å². The van der Waals surface area contributed by atoms with E-state index < -0.39 is 5.91 Å².